The van der Waals surface area contributed by atoms with Crippen LogP contribution < -0.4 is 5.73 Å². The summed E-state index contributed by atoms with van der Waals surface area (Å²) in [5.74, 6) is 0.296. The summed E-state index contributed by atoms with van der Waals surface area (Å²) in [7, 11) is 0. The monoisotopic (exact) mass is 248 g/mol. The van der Waals surface area contributed by atoms with Crippen LogP contribution in [0.1, 0.15) is 39.0 Å². The number of primary amides is 1. The molecule has 18 heavy (non-hydrogen) atoms. The van der Waals surface area contributed by atoms with Crippen molar-refractivity contribution in [2.75, 3.05) is 0 Å². The fraction of sp³-hybridized carbons (Fsp3) is 0.571. The van der Waals surface area contributed by atoms with Crippen LogP contribution in [0.3, 0.4) is 0 Å². The first-order valence-corrected chi connectivity index (χ1v) is 6.59. The molecule has 1 saturated carbocycles. The van der Waals surface area contributed by atoms with Gasteiger partial charge in [0.15, 0.2) is 0 Å². The first-order valence-electron chi connectivity index (χ1n) is 6.59. The summed E-state index contributed by atoms with van der Waals surface area (Å²) < 4.78 is 0. The number of nitrogens with two attached hydrogens (primary N) is 1. The van der Waals surface area contributed by atoms with Gasteiger partial charge >= 0.3 is 0 Å². The third-order valence-corrected chi connectivity index (χ3v) is 3.55. The Kier molecular flexibility index (Phi) is 3.84. The van der Waals surface area contributed by atoms with E-state index in [0.29, 0.717) is 12.8 Å². The molecule has 1 aliphatic heterocycles. The molecule has 2 amide bonds. The van der Waals surface area contributed by atoms with E-state index in [9.17, 15) is 9.59 Å². The quantitative estimate of drug-likeness (QED) is 0.805. The molecular formula is C14H20N2O2. The Labute approximate surface area is 108 Å². The molecule has 0 saturated heterocycles. The van der Waals surface area contributed by atoms with Crippen LogP contribution in [0.4, 0.5) is 0 Å². The standard InChI is InChI=1S/C14H20N2O2/c1-2-12(14(15)18)16-8-7-11(5-6-13(16)17)9-10-3-4-10/h5,7-8,10,12H,2-4,6,9H2,1H3,(H2,15,18). The summed E-state index contributed by atoms with van der Waals surface area (Å²) in [5.41, 5.74) is 6.53. The third-order valence-electron chi connectivity index (χ3n) is 3.55. The van der Waals surface area contributed by atoms with Crippen molar-refractivity contribution in [3.05, 3.63) is 23.9 Å². The molecule has 4 heteroatoms. The minimum atomic E-state index is -0.526. The Balaban J connectivity index is 2.08. The lowest BCUT2D eigenvalue weighted by Crippen LogP contribution is -2.44. The normalized spacial score (nSPS) is 21.5. The van der Waals surface area contributed by atoms with Crippen LogP contribution in [0.2, 0.25) is 0 Å². The number of carbonyl (C=O) groups excluding carboxylic acids is 2. The molecule has 0 aromatic carbocycles. The molecule has 2 rings (SSSR count). The maximum absolute atomic E-state index is 12.0. The highest BCUT2D eigenvalue weighted by Crippen LogP contribution is 2.36. The average Bonchev–Trinajstić information content (AvgIpc) is 3.13. The lowest BCUT2D eigenvalue weighted by atomic mass is 10.1. The van der Waals surface area contributed by atoms with Gasteiger partial charge in [0.2, 0.25) is 11.8 Å². The molecule has 1 unspecified atom stereocenters. The number of amides is 2. The minimum Gasteiger partial charge on any atom is -0.368 e. The van der Waals surface area contributed by atoms with E-state index < -0.39 is 11.9 Å². The fourth-order valence-corrected chi connectivity index (χ4v) is 2.27. The molecule has 0 radical (unpaired) electrons. The van der Waals surface area contributed by atoms with Crippen LogP contribution in [0.25, 0.3) is 0 Å². The summed E-state index contributed by atoms with van der Waals surface area (Å²) in [4.78, 5) is 24.8. The Hall–Kier alpha value is -1.58. The van der Waals surface area contributed by atoms with Crippen molar-refractivity contribution in [2.45, 2.75) is 45.1 Å². The van der Waals surface area contributed by atoms with Gasteiger partial charge in [-0.15, -0.1) is 0 Å². The number of allylic oxidation sites excluding steroid dienone is 2. The molecule has 0 spiro atoms. The maximum atomic E-state index is 12.0. The van der Waals surface area contributed by atoms with E-state index in [0.717, 1.165) is 12.3 Å². The van der Waals surface area contributed by atoms with Crippen LogP contribution >= 0.6 is 0 Å². The summed E-state index contributed by atoms with van der Waals surface area (Å²) >= 11 is 0. The van der Waals surface area contributed by atoms with Gasteiger partial charge in [-0.05, 0) is 43.3 Å². The van der Waals surface area contributed by atoms with Gasteiger partial charge in [0, 0.05) is 12.6 Å². The van der Waals surface area contributed by atoms with Gasteiger partial charge < -0.3 is 10.6 Å². The molecule has 0 bridgehead atoms. The van der Waals surface area contributed by atoms with Crippen LogP contribution in [0.5, 0.6) is 0 Å². The topological polar surface area (TPSA) is 63.4 Å². The molecule has 1 heterocycles. The zero-order valence-corrected chi connectivity index (χ0v) is 10.8. The highest BCUT2D eigenvalue weighted by molar-refractivity contribution is 5.88. The van der Waals surface area contributed by atoms with Crippen molar-refractivity contribution < 1.29 is 9.59 Å². The molecule has 1 atom stereocenters. The molecule has 0 aromatic rings. The number of hydrogen-bond acceptors (Lipinski definition) is 2. The molecule has 4 nitrogen and oxygen atoms in total. The highest BCUT2D eigenvalue weighted by atomic mass is 16.2. The van der Waals surface area contributed by atoms with Crippen molar-refractivity contribution >= 4 is 11.8 Å². The Morgan fingerprint density at radius 2 is 2.28 bits per heavy atom. The van der Waals surface area contributed by atoms with Gasteiger partial charge in [0.1, 0.15) is 6.04 Å². The van der Waals surface area contributed by atoms with Gasteiger partial charge in [-0.1, -0.05) is 13.0 Å². The SMILES string of the molecule is CCC(C(N)=O)N1C=CC(CC2CC2)=CCC1=O. The van der Waals surface area contributed by atoms with E-state index in [2.05, 4.69) is 0 Å². The lowest BCUT2D eigenvalue weighted by molar-refractivity contribution is -0.135. The van der Waals surface area contributed by atoms with Crippen molar-refractivity contribution in [3.8, 4) is 0 Å². The van der Waals surface area contributed by atoms with E-state index in [1.165, 1.54) is 23.3 Å². The summed E-state index contributed by atoms with van der Waals surface area (Å²) in [6, 6.07) is -0.526. The van der Waals surface area contributed by atoms with Gasteiger partial charge in [0.05, 0.1) is 0 Å². The number of carbonyl (C=O) groups is 2. The molecule has 2 N–H and O–H groups in total. The van der Waals surface area contributed by atoms with Crippen molar-refractivity contribution in [1.29, 1.82) is 0 Å². The Morgan fingerprint density at radius 3 is 2.83 bits per heavy atom. The van der Waals surface area contributed by atoms with E-state index >= 15 is 0 Å². The molecule has 1 aliphatic carbocycles. The number of nitrogens with zero attached hydrogens (tertiary/aromatic N) is 1. The molecular weight excluding hydrogens is 228 g/mol. The van der Waals surface area contributed by atoms with Crippen molar-refractivity contribution in [2.24, 2.45) is 11.7 Å². The van der Waals surface area contributed by atoms with Gasteiger partial charge in [-0.25, -0.2) is 0 Å². The first-order chi connectivity index (χ1) is 8.61. The van der Waals surface area contributed by atoms with Crippen LogP contribution in [-0.2, 0) is 9.59 Å². The molecule has 2 aliphatic rings. The Bertz CT molecular complexity index is 408. The maximum Gasteiger partial charge on any atom is 0.240 e. The second-order valence-corrected chi connectivity index (χ2v) is 5.07. The van der Waals surface area contributed by atoms with Crippen molar-refractivity contribution in [3.63, 3.8) is 0 Å². The van der Waals surface area contributed by atoms with Crippen LogP contribution in [0.15, 0.2) is 23.9 Å². The fourth-order valence-electron chi connectivity index (χ4n) is 2.27. The smallest absolute Gasteiger partial charge is 0.240 e. The first kappa shape index (κ1) is 12.9. The zero-order valence-electron chi connectivity index (χ0n) is 10.8. The number of hydrogen-bond donors (Lipinski definition) is 1. The van der Waals surface area contributed by atoms with Gasteiger partial charge in [0.25, 0.3) is 0 Å². The summed E-state index contributed by atoms with van der Waals surface area (Å²) in [5, 5.41) is 0. The van der Waals surface area contributed by atoms with Gasteiger partial charge in [-0.3, -0.25) is 9.59 Å². The summed E-state index contributed by atoms with van der Waals surface area (Å²) in [6.45, 7) is 1.86. The van der Waals surface area contributed by atoms with E-state index in [1.54, 1.807) is 6.20 Å². The lowest BCUT2D eigenvalue weighted by Gasteiger charge is -2.24. The van der Waals surface area contributed by atoms with Crippen LogP contribution in [0, 0.1) is 5.92 Å². The summed E-state index contributed by atoms with van der Waals surface area (Å²) in [6.07, 6.45) is 10.2. The largest absolute Gasteiger partial charge is 0.368 e. The minimum absolute atomic E-state index is 0.0531. The van der Waals surface area contributed by atoms with E-state index in [1.807, 2.05) is 19.1 Å². The predicted octanol–water partition coefficient (Wildman–Crippen LogP) is 1.72. The second kappa shape index (κ2) is 5.38. The average molecular weight is 248 g/mol. The van der Waals surface area contributed by atoms with E-state index in [-0.39, 0.29) is 5.91 Å². The molecule has 98 valence electrons. The molecule has 1 fully saturated rings. The third kappa shape index (κ3) is 3.00. The number of rotatable bonds is 5. The van der Waals surface area contributed by atoms with Gasteiger partial charge in [-0.2, -0.15) is 0 Å². The highest BCUT2D eigenvalue weighted by Gasteiger charge is 2.27. The second-order valence-electron chi connectivity index (χ2n) is 5.07. The zero-order chi connectivity index (χ0) is 13.1. The van der Waals surface area contributed by atoms with E-state index in [4.69, 9.17) is 5.73 Å². The van der Waals surface area contributed by atoms with Crippen molar-refractivity contribution in [1.82, 2.24) is 4.90 Å². The Morgan fingerprint density at radius 1 is 1.56 bits per heavy atom. The predicted molar refractivity (Wildman–Crippen MR) is 69.3 cm³/mol. The van der Waals surface area contributed by atoms with Crippen LogP contribution in [-0.4, -0.2) is 22.8 Å². The molecule has 0 aromatic heterocycles.